The lowest BCUT2D eigenvalue weighted by atomic mass is 10.3. The van der Waals surface area contributed by atoms with E-state index in [0.29, 0.717) is 11.5 Å². The Hall–Kier alpha value is -2.37. The first-order valence-corrected chi connectivity index (χ1v) is 4.57. The number of hydrogen-bond acceptors (Lipinski definition) is 4. The van der Waals surface area contributed by atoms with Crippen LogP contribution in [0, 0.1) is 0 Å². The summed E-state index contributed by atoms with van der Waals surface area (Å²) in [5.41, 5.74) is 0.659. The lowest BCUT2D eigenvalue weighted by molar-refractivity contribution is -0.136. The van der Waals surface area contributed by atoms with Gasteiger partial charge in [-0.05, 0) is 24.3 Å². The molecule has 2 rings (SSSR count). The lowest BCUT2D eigenvalue weighted by Crippen LogP contribution is -2.08. The van der Waals surface area contributed by atoms with Crippen molar-refractivity contribution in [2.45, 2.75) is 6.42 Å². The molecular formula is C10H9N3O3. The molecule has 0 aliphatic carbocycles. The maximum Gasteiger partial charge on any atom is 0.311 e. The minimum atomic E-state index is -0.965. The first kappa shape index (κ1) is 10.2. The maximum atomic E-state index is 10.6. The molecule has 6 heteroatoms. The minimum absolute atomic E-state index is 0.142. The van der Waals surface area contributed by atoms with Crippen LogP contribution in [0.3, 0.4) is 0 Å². The lowest BCUT2D eigenvalue weighted by Gasteiger charge is -2.03. The van der Waals surface area contributed by atoms with Crippen molar-refractivity contribution in [3.8, 4) is 11.4 Å². The number of phenols is 1. The molecule has 0 amide bonds. The van der Waals surface area contributed by atoms with E-state index in [1.165, 1.54) is 23.1 Å². The van der Waals surface area contributed by atoms with Gasteiger partial charge in [0.05, 0.1) is 5.69 Å². The third kappa shape index (κ3) is 2.00. The normalized spacial score (nSPS) is 10.2. The minimum Gasteiger partial charge on any atom is -0.508 e. The molecule has 6 nitrogen and oxygen atoms in total. The average molecular weight is 219 g/mol. The van der Waals surface area contributed by atoms with Crippen molar-refractivity contribution < 1.29 is 15.0 Å². The second-order valence-corrected chi connectivity index (χ2v) is 3.17. The first-order chi connectivity index (χ1) is 7.66. The zero-order chi connectivity index (χ0) is 11.5. The summed E-state index contributed by atoms with van der Waals surface area (Å²) in [7, 11) is 0. The highest BCUT2D eigenvalue weighted by Crippen LogP contribution is 2.14. The monoisotopic (exact) mass is 219 g/mol. The number of aromatic nitrogens is 3. The molecule has 0 fully saturated rings. The van der Waals surface area contributed by atoms with Gasteiger partial charge in [0.1, 0.15) is 24.3 Å². The molecule has 0 saturated carbocycles. The van der Waals surface area contributed by atoms with Gasteiger partial charge in [0.25, 0.3) is 0 Å². The summed E-state index contributed by atoms with van der Waals surface area (Å²) in [6.45, 7) is 0. The van der Waals surface area contributed by atoms with Crippen LogP contribution in [-0.4, -0.2) is 30.9 Å². The molecule has 0 aliphatic rings. The highest BCUT2D eigenvalue weighted by Gasteiger charge is 2.10. The van der Waals surface area contributed by atoms with Crippen molar-refractivity contribution in [1.82, 2.24) is 14.8 Å². The summed E-state index contributed by atoms with van der Waals surface area (Å²) in [6, 6.07) is 6.27. The molecule has 16 heavy (non-hydrogen) atoms. The predicted octanol–water partition coefficient (Wildman–Crippen LogP) is 0.600. The number of benzene rings is 1. The van der Waals surface area contributed by atoms with E-state index >= 15 is 0 Å². The number of carboxylic acids is 1. The largest absolute Gasteiger partial charge is 0.508 e. The zero-order valence-corrected chi connectivity index (χ0v) is 8.24. The van der Waals surface area contributed by atoms with Crippen LogP contribution < -0.4 is 0 Å². The third-order valence-electron chi connectivity index (χ3n) is 2.02. The van der Waals surface area contributed by atoms with Crippen LogP contribution in [0.4, 0.5) is 0 Å². The number of rotatable bonds is 3. The second-order valence-electron chi connectivity index (χ2n) is 3.17. The molecule has 82 valence electrons. The van der Waals surface area contributed by atoms with Crippen molar-refractivity contribution >= 4 is 5.97 Å². The van der Waals surface area contributed by atoms with Gasteiger partial charge in [-0.3, -0.25) is 4.79 Å². The quantitative estimate of drug-likeness (QED) is 0.789. The third-order valence-corrected chi connectivity index (χ3v) is 2.02. The van der Waals surface area contributed by atoms with E-state index in [2.05, 4.69) is 10.1 Å². The number of phenolic OH excluding ortho intramolecular Hbond substituents is 1. The van der Waals surface area contributed by atoms with Gasteiger partial charge in [-0.2, -0.15) is 5.10 Å². The van der Waals surface area contributed by atoms with Crippen LogP contribution in [0.15, 0.2) is 30.6 Å². The molecule has 0 bridgehead atoms. The van der Waals surface area contributed by atoms with E-state index in [9.17, 15) is 4.79 Å². The Balaban J connectivity index is 2.36. The summed E-state index contributed by atoms with van der Waals surface area (Å²) in [5, 5.41) is 21.7. The highest BCUT2D eigenvalue weighted by atomic mass is 16.4. The van der Waals surface area contributed by atoms with Crippen molar-refractivity contribution in [2.75, 3.05) is 0 Å². The van der Waals surface area contributed by atoms with E-state index in [1.807, 2.05) is 0 Å². The SMILES string of the molecule is O=C(O)Cc1ncnn1-c1ccc(O)cc1. The molecule has 0 atom stereocenters. The Morgan fingerprint density at radius 2 is 2.00 bits per heavy atom. The molecule has 0 aliphatic heterocycles. The molecule has 0 saturated heterocycles. The second kappa shape index (κ2) is 4.01. The van der Waals surface area contributed by atoms with Crippen LogP contribution in [0.25, 0.3) is 5.69 Å². The van der Waals surface area contributed by atoms with Gasteiger partial charge >= 0.3 is 5.97 Å². The molecule has 2 N–H and O–H groups in total. The number of nitrogens with zero attached hydrogens (tertiary/aromatic N) is 3. The zero-order valence-electron chi connectivity index (χ0n) is 8.24. The fourth-order valence-corrected chi connectivity index (χ4v) is 1.33. The van der Waals surface area contributed by atoms with Crippen LogP contribution >= 0.6 is 0 Å². The molecule has 0 spiro atoms. The molecule has 1 aromatic heterocycles. The van der Waals surface area contributed by atoms with Gasteiger partial charge in [0.15, 0.2) is 0 Å². The van der Waals surface area contributed by atoms with Gasteiger partial charge in [0, 0.05) is 0 Å². The van der Waals surface area contributed by atoms with E-state index in [1.54, 1.807) is 12.1 Å². The van der Waals surface area contributed by atoms with Crippen molar-refractivity contribution in [1.29, 1.82) is 0 Å². The number of hydrogen-bond donors (Lipinski definition) is 2. The van der Waals surface area contributed by atoms with E-state index in [-0.39, 0.29) is 12.2 Å². The maximum absolute atomic E-state index is 10.6. The molecule has 2 aromatic rings. The van der Waals surface area contributed by atoms with Crippen molar-refractivity contribution in [2.24, 2.45) is 0 Å². The summed E-state index contributed by atoms with van der Waals surface area (Å²) in [5.74, 6) is -0.477. The number of aliphatic carboxylic acids is 1. The number of aromatic hydroxyl groups is 1. The smallest absolute Gasteiger partial charge is 0.311 e. The van der Waals surface area contributed by atoms with Crippen molar-refractivity contribution in [3.05, 3.63) is 36.4 Å². The topological polar surface area (TPSA) is 88.2 Å². The van der Waals surface area contributed by atoms with E-state index in [4.69, 9.17) is 10.2 Å². The Labute approximate surface area is 90.8 Å². The Morgan fingerprint density at radius 1 is 1.31 bits per heavy atom. The summed E-state index contributed by atoms with van der Waals surface area (Å²) in [6.07, 6.45) is 1.10. The predicted molar refractivity (Wildman–Crippen MR) is 54.4 cm³/mol. The molecule has 1 aromatic carbocycles. The standard InChI is InChI=1S/C10H9N3O3/c14-8-3-1-7(2-4-8)13-9(5-10(15)16)11-6-12-13/h1-4,6,14H,5H2,(H,15,16). The first-order valence-electron chi connectivity index (χ1n) is 4.57. The molecular weight excluding hydrogens is 210 g/mol. The van der Waals surface area contributed by atoms with E-state index in [0.717, 1.165) is 0 Å². The summed E-state index contributed by atoms with van der Waals surface area (Å²) in [4.78, 5) is 14.4. The Morgan fingerprint density at radius 3 is 2.62 bits per heavy atom. The summed E-state index contributed by atoms with van der Waals surface area (Å²) >= 11 is 0. The number of carboxylic acid groups (broad SMARTS) is 1. The van der Waals surface area contributed by atoms with Crippen LogP contribution in [0.1, 0.15) is 5.82 Å². The highest BCUT2D eigenvalue weighted by molar-refractivity contribution is 5.69. The molecule has 0 radical (unpaired) electrons. The Kier molecular flexibility index (Phi) is 2.55. The van der Waals surface area contributed by atoms with Crippen molar-refractivity contribution in [3.63, 3.8) is 0 Å². The van der Waals surface area contributed by atoms with Crippen LogP contribution in [-0.2, 0) is 11.2 Å². The molecule has 0 unspecified atom stereocenters. The van der Waals surface area contributed by atoms with Gasteiger partial charge in [-0.25, -0.2) is 9.67 Å². The summed E-state index contributed by atoms with van der Waals surface area (Å²) < 4.78 is 1.42. The fourth-order valence-electron chi connectivity index (χ4n) is 1.33. The molecule has 1 heterocycles. The Bertz CT molecular complexity index is 504. The van der Waals surface area contributed by atoms with Gasteiger partial charge in [-0.15, -0.1) is 0 Å². The van der Waals surface area contributed by atoms with Crippen LogP contribution in [0.2, 0.25) is 0 Å². The van der Waals surface area contributed by atoms with Gasteiger partial charge in [0.2, 0.25) is 0 Å². The van der Waals surface area contributed by atoms with E-state index < -0.39 is 5.97 Å². The fraction of sp³-hybridized carbons (Fsp3) is 0.100. The van der Waals surface area contributed by atoms with Crippen LogP contribution in [0.5, 0.6) is 5.75 Å². The van der Waals surface area contributed by atoms with Gasteiger partial charge < -0.3 is 10.2 Å². The average Bonchev–Trinajstić information content (AvgIpc) is 2.66. The van der Waals surface area contributed by atoms with Gasteiger partial charge in [-0.1, -0.05) is 0 Å². The number of carbonyl (C=O) groups is 1.